The summed E-state index contributed by atoms with van der Waals surface area (Å²) in [4.78, 5) is 4.74. The highest BCUT2D eigenvalue weighted by Crippen LogP contribution is 2.48. The molecule has 0 radical (unpaired) electrons. The van der Waals surface area contributed by atoms with Crippen molar-refractivity contribution in [1.82, 2.24) is 9.80 Å². The van der Waals surface area contributed by atoms with E-state index in [0.717, 1.165) is 19.4 Å². The summed E-state index contributed by atoms with van der Waals surface area (Å²) in [6.07, 6.45) is 5.74. The number of hydrogen-bond acceptors (Lipinski definition) is 3. The van der Waals surface area contributed by atoms with E-state index in [4.69, 9.17) is 0 Å². The van der Waals surface area contributed by atoms with Crippen LogP contribution in [0, 0.1) is 16.7 Å². The SMILES string of the molecule is CN(C)C1(C#N)CCC2(CCN(Cc3ccccc3)C2)CC1. The standard InChI is InChI=1S/C19H27N3/c1-21(2)19(15-20)10-8-18(9-11-19)12-13-22(16-18)14-17-6-4-3-5-7-17/h3-7H,8-14,16H2,1-2H3. The topological polar surface area (TPSA) is 30.3 Å². The van der Waals surface area contributed by atoms with Gasteiger partial charge in [-0.15, -0.1) is 0 Å². The third-order valence-electron chi connectivity index (χ3n) is 5.97. The van der Waals surface area contributed by atoms with E-state index in [1.807, 2.05) is 0 Å². The Bertz CT molecular complexity index is 536. The molecule has 0 unspecified atom stereocenters. The van der Waals surface area contributed by atoms with E-state index in [-0.39, 0.29) is 5.54 Å². The fourth-order valence-corrected chi connectivity index (χ4v) is 4.27. The average Bonchev–Trinajstić information content (AvgIpc) is 2.92. The molecule has 0 aromatic heterocycles. The first-order valence-corrected chi connectivity index (χ1v) is 8.43. The van der Waals surface area contributed by atoms with Gasteiger partial charge >= 0.3 is 0 Å². The van der Waals surface area contributed by atoms with Gasteiger partial charge in [0.05, 0.1) is 6.07 Å². The van der Waals surface area contributed by atoms with E-state index < -0.39 is 0 Å². The van der Waals surface area contributed by atoms with Crippen molar-refractivity contribution in [2.24, 2.45) is 5.41 Å². The van der Waals surface area contributed by atoms with E-state index in [0.29, 0.717) is 5.41 Å². The van der Waals surface area contributed by atoms with Crippen LogP contribution in [0.1, 0.15) is 37.7 Å². The molecule has 0 atom stereocenters. The van der Waals surface area contributed by atoms with Crippen LogP contribution in [0.25, 0.3) is 0 Å². The minimum absolute atomic E-state index is 0.224. The zero-order chi connectivity index (χ0) is 15.6. The van der Waals surface area contributed by atoms with E-state index in [1.54, 1.807) is 0 Å². The number of rotatable bonds is 3. The molecule has 1 saturated heterocycles. The van der Waals surface area contributed by atoms with Crippen molar-refractivity contribution >= 4 is 0 Å². The molecule has 1 heterocycles. The number of nitriles is 1. The van der Waals surface area contributed by atoms with Gasteiger partial charge in [-0.05, 0) is 63.7 Å². The summed E-state index contributed by atoms with van der Waals surface area (Å²) < 4.78 is 0. The lowest BCUT2D eigenvalue weighted by Crippen LogP contribution is -2.48. The summed E-state index contributed by atoms with van der Waals surface area (Å²) in [6, 6.07) is 13.4. The smallest absolute Gasteiger partial charge is 0.108 e. The molecule has 3 rings (SSSR count). The van der Waals surface area contributed by atoms with E-state index >= 15 is 0 Å². The summed E-state index contributed by atoms with van der Waals surface area (Å²) in [5.74, 6) is 0. The third-order valence-corrected chi connectivity index (χ3v) is 5.97. The number of hydrogen-bond donors (Lipinski definition) is 0. The molecule has 1 spiro atoms. The average molecular weight is 297 g/mol. The lowest BCUT2D eigenvalue weighted by atomic mass is 9.67. The highest BCUT2D eigenvalue weighted by molar-refractivity contribution is 5.16. The zero-order valence-electron chi connectivity index (χ0n) is 13.9. The van der Waals surface area contributed by atoms with Gasteiger partial charge < -0.3 is 0 Å². The lowest BCUT2D eigenvalue weighted by Gasteiger charge is -2.44. The monoisotopic (exact) mass is 297 g/mol. The van der Waals surface area contributed by atoms with Gasteiger partial charge in [-0.2, -0.15) is 5.26 Å². The van der Waals surface area contributed by atoms with Crippen molar-refractivity contribution in [2.75, 3.05) is 27.2 Å². The highest BCUT2D eigenvalue weighted by atomic mass is 15.2. The summed E-state index contributed by atoms with van der Waals surface area (Å²) in [5.41, 5.74) is 1.65. The fraction of sp³-hybridized carbons (Fsp3) is 0.632. The molecule has 0 bridgehead atoms. The van der Waals surface area contributed by atoms with Crippen LogP contribution in [-0.4, -0.2) is 42.5 Å². The molecular formula is C19H27N3. The zero-order valence-corrected chi connectivity index (χ0v) is 13.9. The van der Waals surface area contributed by atoms with Gasteiger partial charge in [0.1, 0.15) is 5.54 Å². The molecule has 3 nitrogen and oxygen atoms in total. The molecule has 2 aliphatic rings. The Morgan fingerprint density at radius 3 is 2.36 bits per heavy atom. The van der Waals surface area contributed by atoms with Crippen molar-refractivity contribution in [3.05, 3.63) is 35.9 Å². The molecular weight excluding hydrogens is 270 g/mol. The summed E-state index contributed by atoms with van der Waals surface area (Å²) in [6.45, 7) is 3.48. The van der Waals surface area contributed by atoms with Gasteiger partial charge in [-0.25, -0.2) is 0 Å². The number of likely N-dealkylation sites (tertiary alicyclic amines) is 1. The molecule has 1 aromatic rings. The van der Waals surface area contributed by atoms with Crippen molar-refractivity contribution in [3.63, 3.8) is 0 Å². The number of nitrogens with zero attached hydrogens (tertiary/aromatic N) is 3. The van der Waals surface area contributed by atoms with Crippen LogP contribution < -0.4 is 0 Å². The maximum absolute atomic E-state index is 9.59. The first kappa shape index (κ1) is 15.5. The van der Waals surface area contributed by atoms with Crippen LogP contribution in [0.15, 0.2) is 30.3 Å². The molecule has 2 fully saturated rings. The Balaban J connectivity index is 1.60. The maximum atomic E-state index is 9.59. The molecule has 22 heavy (non-hydrogen) atoms. The Kier molecular flexibility index (Phi) is 4.25. The normalized spacial score (nSPS) is 32.5. The largest absolute Gasteiger partial charge is 0.299 e. The Morgan fingerprint density at radius 1 is 1.09 bits per heavy atom. The van der Waals surface area contributed by atoms with Gasteiger partial charge in [0.25, 0.3) is 0 Å². The van der Waals surface area contributed by atoms with E-state index in [1.165, 1.54) is 37.9 Å². The Labute approximate surface area is 134 Å². The Morgan fingerprint density at radius 2 is 1.77 bits per heavy atom. The molecule has 1 aromatic carbocycles. The fourth-order valence-electron chi connectivity index (χ4n) is 4.27. The highest BCUT2D eigenvalue weighted by Gasteiger charge is 2.47. The Hall–Kier alpha value is -1.37. The van der Waals surface area contributed by atoms with Gasteiger partial charge in [-0.1, -0.05) is 30.3 Å². The van der Waals surface area contributed by atoms with Crippen LogP contribution in [0.2, 0.25) is 0 Å². The summed E-state index contributed by atoms with van der Waals surface area (Å²) >= 11 is 0. The van der Waals surface area contributed by atoms with Crippen LogP contribution in [0.4, 0.5) is 0 Å². The molecule has 0 N–H and O–H groups in total. The molecule has 1 aliphatic heterocycles. The second-order valence-corrected chi connectivity index (χ2v) is 7.48. The van der Waals surface area contributed by atoms with Crippen LogP contribution in [-0.2, 0) is 6.54 Å². The van der Waals surface area contributed by atoms with Gasteiger partial charge in [0.15, 0.2) is 0 Å². The van der Waals surface area contributed by atoms with Crippen molar-refractivity contribution in [3.8, 4) is 6.07 Å². The van der Waals surface area contributed by atoms with Gasteiger partial charge in [0, 0.05) is 13.1 Å². The van der Waals surface area contributed by atoms with Crippen LogP contribution in [0.5, 0.6) is 0 Å². The molecule has 118 valence electrons. The van der Waals surface area contributed by atoms with Crippen molar-refractivity contribution in [2.45, 2.75) is 44.2 Å². The van der Waals surface area contributed by atoms with Crippen LogP contribution >= 0.6 is 0 Å². The second-order valence-electron chi connectivity index (χ2n) is 7.48. The minimum atomic E-state index is -0.224. The first-order chi connectivity index (χ1) is 10.6. The predicted octanol–water partition coefficient (Wildman–Crippen LogP) is 3.28. The van der Waals surface area contributed by atoms with Crippen molar-refractivity contribution < 1.29 is 0 Å². The quantitative estimate of drug-likeness (QED) is 0.857. The van der Waals surface area contributed by atoms with E-state index in [9.17, 15) is 5.26 Å². The van der Waals surface area contributed by atoms with E-state index in [2.05, 4.69) is 60.3 Å². The van der Waals surface area contributed by atoms with Crippen molar-refractivity contribution in [1.29, 1.82) is 5.26 Å². The number of benzene rings is 1. The van der Waals surface area contributed by atoms with Crippen LogP contribution in [0.3, 0.4) is 0 Å². The van der Waals surface area contributed by atoms with Gasteiger partial charge in [-0.3, -0.25) is 9.80 Å². The molecule has 1 aliphatic carbocycles. The molecule has 1 saturated carbocycles. The first-order valence-electron chi connectivity index (χ1n) is 8.43. The lowest BCUT2D eigenvalue weighted by molar-refractivity contribution is 0.0787. The minimum Gasteiger partial charge on any atom is -0.299 e. The third kappa shape index (κ3) is 2.91. The second kappa shape index (κ2) is 6.02. The molecule has 0 amide bonds. The summed E-state index contributed by atoms with van der Waals surface area (Å²) in [7, 11) is 4.11. The van der Waals surface area contributed by atoms with Gasteiger partial charge in [0.2, 0.25) is 0 Å². The maximum Gasteiger partial charge on any atom is 0.108 e. The summed E-state index contributed by atoms with van der Waals surface area (Å²) in [5, 5.41) is 9.59. The molecule has 3 heteroatoms. The predicted molar refractivity (Wildman–Crippen MR) is 89.3 cm³/mol.